The van der Waals surface area contributed by atoms with Crippen LogP contribution in [-0.4, -0.2) is 67.5 Å². The fourth-order valence-corrected chi connectivity index (χ4v) is 3.60. The average Bonchev–Trinajstić information content (AvgIpc) is 3.02. The minimum absolute atomic E-state index is 0.0705. The predicted octanol–water partition coefficient (Wildman–Crippen LogP) is 3.08. The largest absolute Gasteiger partial charge is 0.507 e. The number of nitrogens with zero attached hydrogens (tertiary/aromatic N) is 2. The van der Waals surface area contributed by atoms with Gasteiger partial charge in [-0.2, -0.15) is 0 Å². The first kappa shape index (κ1) is 22.4. The lowest BCUT2D eigenvalue weighted by atomic mass is 9.95. The normalized spacial score (nSPS) is 18.0. The molecule has 0 saturated carbocycles. The molecule has 1 aliphatic rings. The van der Waals surface area contributed by atoms with Crippen LogP contribution in [0, 0.1) is 0 Å². The lowest BCUT2D eigenvalue weighted by Crippen LogP contribution is -2.35. The minimum atomic E-state index is -0.696. The Bertz CT molecular complexity index is 982. The van der Waals surface area contributed by atoms with Gasteiger partial charge in [0.15, 0.2) is 0 Å². The number of aliphatic hydroxyl groups excluding tert-OH is 1. The van der Waals surface area contributed by atoms with Gasteiger partial charge in [0.05, 0.1) is 25.3 Å². The van der Waals surface area contributed by atoms with Crippen LogP contribution in [0.5, 0.6) is 11.5 Å². The van der Waals surface area contributed by atoms with Gasteiger partial charge in [0.25, 0.3) is 11.7 Å². The maximum absolute atomic E-state index is 13.0. The highest BCUT2D eigenvalue weighted by Crippen LogP contribution is 2.40. The monoisotopic (exact) mass is 424 g/mol. The van der Waals surface area contributed by atoms with E-state index in [1.807, 2.05) is 38.1 Å². The number of aliphatic hydroxyl groups is 1. The summed E-state index contributed by atoms with van der Waals surface area (Å²) in [5.74, 6) is -0.292. The van der Waals surface area contributed by atoms with Gasteiger partial charge in [-0.05, 0) is 50.8 Å². The van der Waals surface area contributed by atoms with Crippen molar-refractivity contribution in [3.05, 3.63) is 65.2 Å². The van der Waals surface area contributed by atoms with Crippen molar-refractivity contribution in [2.75, 3.05) is 40.9 Å². The predicted molar refractivity (Wildman–Crippen MR) is 118 cm³/mol. The van der Waals surface area contributed by atoms with E-state index in [9.17, 15) is 14.7 Å². The number of Topliss-reactive ketones (excluding diaryl/α,β-unsaturated/α-hetero) is 1. The summed E-state index contributed by atoms with van der Waals surface area (Å²) in [4.78, 5) is 29.4. The highest BCUT2D eigenvalue weighted by molar-refractivity contribution is 6.46. The Morgan fingerprint density at radius 1 is 1.10 bits per heavy atom. The number of carbonyl (C=O) groups excluding carboxylic acids is 2. The van der Waals surface area contributed by atoms with Crippen LogP contribution in [0.15, 0.2) is 54.1 Å². The van der Waals surface area contributed by atoms with E-state index in [0.29, 0.717) is 36.8 Å². The Hall–Kier alpha value is -3.32. The molecule has 1 aliphatic heterocycles. The van der Waals surface area contributed by atoms with E-state index in [4.69, 9.17) is 9.47 Å². The van der Waals surface area contributed by atoms with Gasteiger partial charge in [-0.25, -0.2) is 0 Å². The van der Waals surface area contributed by atoms with E-state index >= 15 is 0 Å². The molecule has 1 atom stereocenters. The number of likely N-dealkylation sites (tertiary alicyclic amines) is 1. The third kappa shape index (κ3) is 4.72. The molecule has 1 N–H and O–H groups in total. The Kier molecular flexibility index (Phi) is 6.97. The summed E-state index contributed by atoms with van der Waals surface area (Å²) in [6.07, 6.45) is 0. The third-order valence-corrected chi connectivity index (χ3v) is 5.18. The van der Waals surface area contributed by atoms with Crippen LogP contribution in [0.2, 0.25) is 0 Å². The highest BCUT2D eigenvalue weighted by Gasteiger charge is 2.45. The number of benzene rings is 2. The van der Waals surface area contributed by atoms with Gasteiger partial charge >= 0.3 is 0 Å². The van der Waals surface area contributed by atoms with E-state index in [1.54, 1.807) is 36.4 Å². The van der Waals surface area contributed by atoms with Crippen LogP contribution in [0.3, 0.4) is 0 Å². The summed E-state index contributed by atoms with van der Waals surface area (Å²) in [5, 5.41) is 11.1. The third-order valence-electron chi connectivity index (χ3n) is 5.18. The number of ketones is 1. The summed E-state index contributed by atoms with van der Waals surface area (Å²) < 4.78 is 10.7. The van der Waals surface area contributed by atoms with Crippen molar-refractivity contribution in [3.8, 4) is 11.5 Å². The number of hydrogen-bond acceptors (Lipinski definition) is 6. The molecule has 1 unspecified atom stereocenters. The maximum Gasteiger partial charge on any atom is 0.295 e. The lowest BCUT2D eigenvalue weighted by molar-refractivity contribution is -0.140. The molecule has 164 valence electrons. The summed E-state index contributed by atoms with van der Waals surface area (Å²) in [6, 6.07) is 13.3. The molecular weight excluding hydrogens is 396 g/mol. The molecule has 1 fully saturated rings. The van der Waals surface area contributed by atoms with Crippen molar-refractivity contribution < 1.29 is 24.2 Å². The highest BCUT2D eigenvalue weighted by atomic mass is 16.5. The van der Waals surface area contributed by atoms with E-state index in [1.165, 1.54) is 12.0 Å². The van der Waals surface area contributed by atoms with Crippen molar-refractivity contribution in [2.45, 2.75) is 13.0 Å². The molecule has 1 amide bonds. The van der Waals surface area contributed by atoms with Crippen molar-refractivity contribution >= 4 is 17.4 Å². The molecule has 0 radical (unpaired) electrons. The Morgan fingerprint density at radius 2 is 1.81 bits per heavy atom. The van der Waals surface area contributed by atoms with Crippen LogP contribution >= 0.6 is 0 Å². The number of rotatable bonds is 8. The van der Waals surface area contributed by atoms with Crippen molar-refractivity contribution in [2.24, 2.45) is 0 Å². The van der Waals surface area contributed by atoms with Crippen LogP contribution < -0.4 is 9.47 Å². The first-order valence-electron chi connectivity index (χ1n) is 10.2. The van der Waals surface area contributed by atoms with Crippen LogP contribution in [0.1, 0.15) is 24.1 Å². The zero-order valence-electron chi connectivity index (χ0n) is 18.3. The number of amides is 1. The number of methoxy groups -OCH3 is 1. The quantitative estimate of drug-likeness (QED) is 0.399. The molecule has 7 heteroatoms. The molecule has 1 saturated heterocycles. The van der Waals surface area contributed by atoms with E-state index in [-0.39, 0.29) is 11.3 Å². The second-order valence-electron chi connectivity index (χ2n) is 7.53. The van der Waals surface area contributed by atoms with Crippen LogP contribution in [-0.2, 0) is 9.59 Å². The van der Waals surface area contributed by atoms with Crippen LogP contribution in [0.25, 0.3) is 5.76 Å². The summed E-state index contributed by atoms with van der Waals surface area (Å²) >= 11 is 0. The van der Waals surface area contributed by atoms with Crippen molar-refractivity contribution in [1.29, 1.82) is 0 Å². The van der Waals surface area contributed by atoms with Gasteiger partial charge in [-0.15, -0.1) is 0 Å². The molecule has 0 spiro atoms. The zero-order chi connectivity index (χ0) is 22.5. The van der Waals surface area contributed by atoms with E-state index in [2.05, 4.69) is 0 Å². The first-order chi connectivity index (χ1) is 14.9. The fraction of sp³-hybridized carbons (Fsp3) is 0.333. The van der Waals surface area contributed by atoms with E-state index < -0.39 is 17.7 Å². The average molecular weight is 424 g/mol. The molecule has 2 aromatic carbocycles. The zero-order valence-corrected chi connectivity index (χ0v) is 18.3. The standard InChI is InChI=1S/C24H28N2O5/c1-5-31-18-11-9-16(10-12-18)21-20(22(27)17-7-6-8-19(15-17)30-4)23(28)24(29)26(21)14-13-25(2)3/h6-12,15,21,27H,5,13-14H2,1-4H3/b22-20+. The Morgan fingerprint density at radius 3 is 2.42 bits per heavy atom. The minimum Gasteiger partial charge on any atom is -0.507 e. The summed E-state index contributed by atoms with van der Waals surface area (Å²) in [5.41, 5.74) is 1.22. The number of ether oxygens (including phenoxy) is 2. The summed E-state index contributed by atoms with van der Waals surface area (Å²) in [7, 11) is 5.33. The molecule has 31 heavy (non-hydrogen) atoms. The Balaban J connectivity index is 2.11. The fourth-order valence-electron chi connectivity index (χ4n) is 3.60. The van der Waals surface area contributed by atoms with Crippen molar-refractivity contribution in [3.63, 3.8) is 0 Å². The van der Waals surface area contributed by atoms with Gasteiger partial charge in [0.2, 0.25) is 0 Å². The topological polar surface area (TPSA) is 79.3 Å². The first-order valence-corrected chi connectivity index (χ1v) is 10.2. The summed E-state index contributed by atoms with van der Waals surface area (Å²) in [6.45, 7) is 3.37. The number of carbonyl (C=O) groups is 2. The Labute approximate surface area is 182 Å². The lowest BCUT2D eigenvalue weighted by Gasteiger charge is -2.26. The van der Waals surface area contributed by atoms with Gasteiger partial charge < -0.3 is 24.4 Å². The van der Waals surface area contributed by atoms with Crippen LogP contribution in [0.4, 0.5) is 0 Å². The smallest absolute Gasteiger partial charge is 0.295 e. The number of hydrogen-bond donors (Lipinski definition) is 1. The van der Waals surface area contributed by atoms with E-state index in [0.717, 1.165) is 5.56 Å². The van der Waals surface area contributed by atoms with Gasteiger partial charge in [-0.3, -0.25) is 9.59 Å². The molecule has 0 bridgehead atoms. The van der Waals surface area contributed by atoms with Crippen molar-refractivity contribution in [1.82, 2.24) is 9.80 Å². The molecular formula is C24H28N2O5. The maximum atomic E-state index is 13.0. The van der Waals surface area contributed by atoms with Gasteiger partial charge in [-0.1, -0.05) is 24.3 Å². The molecule has 1 heterocycles. The van der Waals surface area contributed by atoms with Gasteiger partial charge in [0.1, 0.15) is 17.3 Å². The molecule has 3 rings (SSSR count). The second kappa shape index (κ2) is 9.66. The SMILES string of the molecule is CCOc1ccc(C2/C(=C(\O)c3cccc(OC)c3)C(=O)C(=O)N2CCN(C)C)cc1. The molecule has 0 aliphatic carbocycles. The molecule has 2 aromatic rings. The molecule has 7 nitrogen and oxygen atoms in total. The second-order valence-corrected chi connectivity index (χ2v) is 7.53. The van der Waals surface area contributed by atoms with Gasteiger partial charge in [0, 0.05) is 18.7 Å². The molecule has 0 aromatic heterocycles. The number of likely N-dealkylation sites (N-methyl/N-ethyl adjacent to an activating group) is 1.